The Morgan fingerprint density at radius 2 is 1.76 bits per heavy atom. The highest BCUT2D eigenvalue weighted by Crippen LogP contribution is 2.20. The summed E-state index contributed by atoms with van der Waals surface area (Å²) in [6.45, 7) is 0. The van der Waals surface area contributed by atoms with E-state index in [1.807, 2.05) is 54.7 Å². The maximum atomic E-state index is 12.7. The molecule has 0 spiro atoms. The van der Waals surface area contributed by atoms with E-state index < -0.39 is 0 Å². The van der Waals surface area contributed by atoms with E-state index in [1.165, 1.54) is 11.0 Å². The van der Waals surface area contributed by atoms with Gasteiger partial charge in [-0.25, -0.2) is 4.98 Å². The second kappa shape index (κ2) is 5.17. The third-order valence-corrected chi connectivity index (χ3v) is 4.34. The molecule has 0 bridgehead atoms. The van der Waals surface area contributed by atoms with Crippen molar-refractivity contribution >= 4 is 39.1 Å². The first-order chi connectivity index (χ1) is 12.3. The summed E-state index contributed by atoms with van der Waals surface area (Å²) < 4.78 is 1.25. The molecule has 2 N–H and O–H groups in total. The highest BCUT2D eigenvalue weighted by molar-refractivity contribution is 6.04. The number of nitrogens with one attached hydrogen (secondary N) is 2. The Kier molecular flexibility index (Phi) is 2.84. The Labute approximate surface area is 141 Å². The Hall–Kier alpha value is -3.67. The van der Waals surface area contributed by atoms with E-state index in [9.17, 15) is 4.79 Å². The molecular formula is C19H13N5O. The molecule has 0 radical (unpaired) electrons. The molecule has 6 heteroatoms. The van der Waals surface area contributed by atoms with Crippen LogP contribution in [0.25, 0.3) is 32.8 Å². The monoisotopic (exact) mass is 327 g/mol. The van der Waals surface area contributed by atoms with Gasteiger partial charge in [0.25, 0.3) is 5.56 Å². The molecule has 0 saturated carbocycles. The number of hydrogen-bond donors (Lipinski definition) is 2. The largest absolute Gasteiger partial charge is 0.361 e. The van der Waals surface area contributed by atoms with Crippen LogP contribution in [0.15, 0.2) is 71.0 Å². The van der Waals surface area contributed by atoms with Crippen molar-refractivity contribution in [1.82, 2.24) is 19.6 Å². The first-order valence-corrected chi connectivity index (χ1v) is 7.90. The topological polar surface area (TPSA) is 78.8 Å². The fourth-order valence-corrected chi connectivity index (χ4v) is 3.10. The van der Waals surface area contributed by atoms with E-state index in [-0.39, 0.29) is 5.56 Å². The van der Waals surface area contributed by atoms with Crippen molar-refractivity contribution in [2.24, 2.45) is 5.10 Å². The summed E-state index contributed by atoms with van der Waals surface area (Å²) in [5.41, 5.74) is 3.73. The number of H-pyrrole nitrogens is 2. The molecule has 0 saturated heterocycles. The van der Waals surface area contributed by atoms with Crippen molar-refractivity contribution in [3.8, 4) is 0 Å². The minimum atomic E-state index is -0.225. The number of nitrogens with zero attached hydrogens (tertiary/aromatic N) is 3. The van der Waals surface area contributed by atoms with Crippen LogP contribution in [0, 0.1) is 0 Å². The number of fused-ring (bicyclic) bond motifs is 4. The van der Waals surface area contributed by atoms with Crippen molar-refractivity contribution in [2.45, 2.75) is 0 Å². The van der Waals surface area contributed by atoms with Crippen LogP contribution in [-0.4, -0.2) is 25.8 Å². The fourth-order valence-electron chi connectivity index (χ4n) is 3.10. The van der Waals surface area contributed by atoms with Gasteiger partial charge in [-0.05, 0) is 12.1 Å². The molecule has 0 aliphatic rings. The first kappa shape index (κ1) is 13.7. The van der Waals surface area contributed by atoms with E-state index in [1.54, 1.807) is 6.21 Å². The van der Waals surface area contributed by atoms with Crippen molar-refractivity contribution in [3.05, 3.63) is 77.0 Å². The molecule has 6 nitrogen and oxygen atoms in total. The Bertz CT molecular complexity index is 1320. The number of rotatable bonds is 2. The van der Waals surface area contributed by atoms with Crippen LogP contribution in [-0.2, 0) is 0 Å². The van der Waals surface area contributed by atoms with Crippen LogP contribution in [0.4, 0.5) is 0 Å². The van der Waals surface area contributed by atoms with E-state index in [4.69, 9.17) is 0 Å². The molecule has 0 atom stereocenters. The molecular weight excluding hydrogens is 314 g/mol. The molecule has 3 heterocycles. The zero-order valence-corrected chi connectivity index (χ0v) is 13.1. The molecule has 0 fully saturated rings. The van der Waals surface area contributed by atoms with E-state index in [2.05, 4.69) is 20.1 Å². The number of para-hydroxylation sites is 2. The van der Waals surface area contributed by atoms with Gasteiger partial charge in [0, 0.05) is 33.6 Å². The Morgan fingerprint density at radius 3 is 2.64 bits per heavy atom. The maximum absolute atomic E-state index is 12.7. The Balaban J connectivity index is 1.64. The quantitative estimate of drug-likeness (QED) is 0.488. The first-order valence-electron chi connectivity index (χ1n) is 7.90. The molecule has 0 amide bonds. The molecule has 0 unspecified atom stereocenters. The lowest BCUT2D eigenvalue weighted by molar-refractivity contribution is 0.816. The van der Waals surface area contributed by atoms with E-state index in [0.717, 1.165) is 27.4 Å². The summed E-state index contributed by atoms with van der Waals surface area (Å²) in [6, 6.07) is 15.7. The third-order valence-electron chi connectivity index (χ3n) is 4.34. The van der Waals surface area contributed by atoms with Gasteiger partial charge in [-0.15, -0.1) is 0 Å². The van der Waals surface area contributed by atoms with Crippen molar-refractivity contribution in [2.75, 3.05) is 0 Å². The minimum absolute atomic E-state index is 0.225. The molecule has 5 rings (SSSR count). The van der Waals surface area contributed by atoms with Crippen LogP contribution >= 0.6 is 0 Å². The molecule has 0 aliphatic carbocycles. The average Bonchev–Trinajstić information content (AvgIpc) is 3.23. The van der Waals surface area contributed by atoms with Crippen LogP contribution in [0.2, 0.25) is 0 Å². The third kappa shape index (κ3) is 2.08. The highest BCUT2D eigenvalue weighted by Gasteiger charge is 2.10. The summed E-state index contributed by atoms with van der Waals surface area (Å²) in [4.78, 5) is 23.4. The Morgan fingerprint density at radius 1 is 1.00 bits per heavy atom. The highest BCUT2D eigenvalue weighted by atomic mass is 16.1. The van der Waals surface area contributed by atoms with Gasteiger partial charge in [0.05, 0.1) is 6.21 Å². The van der Waals surface area contributed by atoms with Gasteiger partial charge >= 0.3 is 0 Å². The standard InChI is InChI=1S/C19H13N5O/c25-19-18-17(14-6-2-4-8-16(14)23-18)21-11-24(19)22-10-12-9-20-15-7-3-1-5-13(12)15/h1-11,20,23H/b22-10-. The van der Waals surface area contributed by atoms with Gasteiger partial charge in [-0.3, -0.25) is 4.79 Å². The zero-order valence-electron chi connectivity index (χ0n) is 13.1. The lowest BCUT2D eigenvalue weighted by Gasteiger charge is -1.97. The fraction of sp³-hybridized carbons (Fsp3) is 0. The van der Waals surface area contributed by atoms with Gasteiger partial charge in [0.2, 0.25) is 0 Å². The average molecular weight is 327 g/mol. The SMILES string of the molecule is O=c1c2[nH]c3ccccc3c2ncn1/N=C\c1c[nH]c2ccccc12. The summed E-state index contributed by atoms with van der Waals surface area (Å²) in [5.74, 6) is 0. The molecule has 0 aliphatic heterocycles. The summed E-state index contributed by atoms with van der Waals surface area (Å²) >= 11 is 0. The number of aromatic amines is 2. The van der Waals surface area contributed by atoms with Crippen LogP contribution in [0.3, 0.4) is 0 Å². The predicted molar refractivity (Wildman–Crippen MR) is 99.2 cm³/mol. The molecule has 120 valence electrons. The van der Waals surface area contributed by atoms with Gasteiger partial charge in [-0.2, -0.15) is 9.78 Å². The van der Waals surface area contributed by atoms with Crippen molar-refractivity contribution < 1.29 is 0 Å². The van der Waals surface area contributed by atoms with Crippen LogP contribution in [0.1, 0.15) is 5.56 Å². The minimum Gasteiger partial charge on any atom is -0.361 e. The van der Waals surface area contributed by atoms with Gasteiger partial charge in [-0.1, -0.05) is 36.4 Å². The second-order valence-electron chi connectivity index (χ2n) is 5.82. The number of hydrogen-bond acceptors (Lipinski definition) is 3. The number of benzene rings is 2. The molecule has 3 aromatic heterocycles. The normalized spacial score (nSPS) is 12.0. The predicted octanol–water partition coefficient (Wildman–Crippen LogP) is 3.24. The zero-order chi connectivity index (χ0) is 16.8. The summed E-state index contributed by atoms with van der Waals surface area (Å²) in [7, 11) is 0. The number of aromatic nitrogens is 4. The van der Waals surface area contributed by atoms with Gasteiger partial charge in [0.15, 0.2) is 0 Å². The van der Waals surface area contributed by atoms with Gasteiger partial charge < -0.3 is 9.97 Å². The van der Waals surface area contributed by atoms with Gasteiger partial charge in [0.1, 0.15) is 17.4 Å². The maximum Gasteiger partial charge on any atom is 0.298 e. The van der Waals surface area contributed by atoms with Crippen LogP contribution < -0.4 is 5.56 Å². The molecule has 5 aromatic rings. The van der Waals surface area contributed by atoms with Crippen molar-refractivity contribution in [1.29, 1.82) is 0 Å². The second-order valence-corrected chi connectivity index (χ2v) is 5.82. The lowest BCUT2D eigenvalue weighted by Crippen LogP contribution is -2.17. The smallest absolute Gasteiger partial charge is 0.298 e. The van der Waals surface area contributed by atoms with E-state index >= 15 is 0 Å². The lowest BCUT2D eigenvalue weighted by atomic mass is 10.2. The van der Waals surface area contributed by atoms with Crippen LogP contribution in [0.5, 0.6) is 0 Å². The van der Waals surface area contributed by atoms with Crippen molar-refractivity contribution in [3.63, 3.8) is 0 Å². The summed E-state index contributed by atoms with van der Waals surface area (Å²) in [5, 5.41) is 6.28. The van der Waals surface area contributed by atoms with E-state index in [0.29, 0.717) is 11.0 Å². The molecule has 25 heavy (non-hydrogen) atoms. The molecule has 2 aromatic carbocycles. The summed E-state index contributed by atoms with van der Waals surface area (Å²) in [6.07, 6.45) is 4.99.